The minimum Gasteiger partial charge on any atom is -0.370 e. The monoisotopic (exact) mass is 188 g/mol. The molecule has 0 bridgehead atoms. The van der Waals surface area contributed by atoms with Crippen LogP contribution in [0.4, 0.5) is 5.69 Å². The summed E-state index contributed by atoms with van der Waals surface area (Å²) >= 11 is 0. The summed E-state index contributed by atoms with van der Waals surface area (Å²) < 4.78 is 0. The fourth-order valence-electron chi connectivity index (χ4n) is 1.82. The lowest BCUT2D eigenvalue weighted by molar-refractivity contribution is 0.771. The molecule has 1 unspecified atom stereocenters. The average molecular weight is 188 g/mol. The molecule has 0 radical (unpaired) electrons. The normalized spacial score (nSPS) is 21.1. The van der Waals surface area contributed by atoms with Crippen LogP contribution in [0.1, 0.15) is 12.5 Å². The molecule has 2 nitrogen and oxygen atoms in total. The molecule has 1 aliphatic rings. The van der Waals surface area contributed by atoms with Gasteiger partial charge in [-0.1, -0.05) is 24.3 Å². The van der Waals surface area contributed by atoms with Crippen LogP contribution in [0.25, 0.3) is 0 Å². The lowest BCUT2D eigenvalue weighted by Gasteiger charge is -2.23. The van der Waals surface area contributed by atoms with Crippen LogP contribution in [0.5, 0.6) is 0 Å². The van der Waals surface area contributed by atoms with Gasteiger partial charge in [0.2, 0.25) is 0 Å². The van der Waals surface area contributed by atoms with Gasteiger partial charge in [-0.25, -0.2) is 0 Å². The molecule has 2 heteroatoms. The van der Waals surface area contributed by atoms with E-state index < -0.39 is 0 Å². The van der Waals surface area contributed by atoms with Gasteiger partial charge in [0.15, 0.2) is 0 Å². The Kier molecular flexibility index (Phi) is 2.20. The van der Waals surface area contributed by atoms with Crippen molar-refractivity contribution in [2.45, 2.75) is 19.9 Å². The van der Waals surface area contributed by atoms with Gasteiger partial charge in [0.1, 0.15) is 0 Å². The number of anilines is 1. The van der Waals surface area contributed by atoms with Gasteiger partial charge in [-0.15, -0.1) is 0 Å². The Labute approximate surface area is 85.2 Å². The molecule has 74 valence electrons. The fourth-order valence-corrected chi connectivity index (χ4v) is 1.82. The van der Waals surface area contributed by atoms with Crippen LogP contribution in [0.15, 0.2) is 36.7 Å². The molecule has 0 saturated carbocycles. The third-order valence-corrected chi connectivity index (χ3v) is 2.65. The Hall–Kier alpha value is -1.44. The number of aryl methyl sites for hydroxylation is 1. The van der Waals surface area contributed by atoms with E-state index in [2.05, 4.69) is 54.9 Å². The topological polar surface area (TPSA) is 15.3 Å². The zero-order valence-corrected chi connectivity index (χ0v) is 8.75. The maximum Gasteiger partial charge on any atom is 0.0987 e. The van der Waals surface area contributed by atoms with E-state index in [0.29, 0.717) is 6.04 Å². The Morgan fingerprint density at radius 3 is 2.50 bits per heavy atom. The molecule has 1 heterocycles. The predicted molar refractivity (Wildman–Crippen MR) is 60.3 cm³/mol. The Morgan fingerprint density at radius 2 is 2.00 bits per heavy atom. The van der Waals surface area contributed by atoms with E-state index in [4.69, 9.17) is 0 Å². The highest BCUT2D eigenvalue weighted by Crippen LogP contribution is 2.23. The largest absolute Gasteiger partial charge is 0.370 e. The molecular formula is C12H16N2. The smallest absolute Gasteiger partial charge is 0.0987 e. The first-order valence-corrected chi connectivity index (χ1v) is 4.97. The van der Waals surface area contributed by atoms with Gasteiger partial charge in [0, 0.05) is 12.2 Å². The molecule has 0 amide bonds. The lowest BCUT2D eigenvalue weighted by atomic mass is 10.2. The van der Waals surface area contributed by atoms with E-state index in [0.717, 1.165) is 12.4 Å². The number of nitrogens with one attached hydrogen (secondary N) is 1. The molecule has 1 N–H and O–H groups in total. The first-order valence-electron chi connectivity index (χ1n) is 4.97. The third-order valence-electron chi connectivity index (χ3n) is 2.65. The molecule has 0 aromatic heterocycles. The van der Waals surface area contributed by atoms with Crippen molar-refractivity contribution >= 4 is 5.69 Å². The van der Waals surface area contributed by atoms with Crippen molar-refractivity contribution in [3.63, 3.8) is 0 Å². The molecule has 1 aromatic rings. The second-order valence-electron chi connectivity index (χ2n) is 3.88. The third kappa shape index (κ3) is 1.48. The molecule has 1 aromatic carbocycles. The summed E-state index contributed by atoms with van der Waals surface area (Å²) in [5, 5.41) is 3.26. The molecule has 1 saturated heterocycles. The summed E-state index contributed by atoms with van der Waals surface area (Å²) in [5.41, 5.74) is 2.51. The van der Waals surface area contributed by atoms with Crippen LogP contribution in [0.2, 0.25) is 0 Å². The highest BCUT2D eigenvalue weighted by atomic mass is 15.3. The summed E-state index contributed by atoms with van der Waals surface area (Å²) in [4.78, 5) is 2.24. The van der Waals surface area contributed by atoms with E-state index >= 15 is 0 Å². The van der Waals surface area contributed by atoms with Crippen LogP contribution in [0, 0.1) is 6.92 Å². The Bertz CT molecular complexity index is 340. The quantitative estimate of drug-likeness (QED) is 0.727. The van der Waals surface area contributed by atoms with Crippen molar-refractivity contribution in [1.82, 2.24) is 5.32 Å². The van der Waals surface area contributed by atoms with E-state index in [1.165, 1.54) is 11.3 Å². The van der Waals surface area contributed by atoms with E-state index in [1.54, 1.807) is 0 Å². The van der Waals surface area contributed by atoms with E-state index in [-0.39, 0.29) is 0 Å². The summed E-state index contributed by atoms with van der Waals surface area (Å²) in [6.07, 6.45) is 0. The molecular weight excluding hydrogens is 172 g/mol. The van der Waals surface area contributed by atoms with Crippen LogP contribution < -0.4 is 10.2 Å². The van der Waals surface area contributed by atoms with E-state index in [1.807, 2.05) is 0 Å². The van der Waals surface area contributed by atoms with Crippen molar-refractivity contribution in [2.75, 3.05) is 11.4 Å². The van der Waals surface area contributed by atoms with Crippen molar-refractivity contribution < 1.29 is 0 Å². The minimum absolute atomic E-state index is 0.491. The van der Waals surface area contributed by atoms with Crippen LogP contribution in [0.3, 0.4) is 0 Å². The maximum atomic E-state index is 4.00. The molecule has 14 heavy (non-hydrogen) atoms. The van der Waals surface area contributed by atoms with E-state index in [9.17, 15) is 0 Å². The van der Waals surface area contributed by atoms with Crippen molar-refractivity contribution in [3.8, 4) is 0 Å². The van der Waals surface area contributed by atoms with Gasteiger partial charge < -0.3 is 10.2 Å². The SMILES string of the molecule is C=C1NCC(C)N1c1ccc(C)cc1. The predicted octanol–water partition coefficient (Wildman–Crippen LogP) is 2.26. The molecule has 2 rings (SSSR count). The van der Waals surface area contributed by atoms with Crippen molar-refractivity contribution in [1.29, 1.82) is 0 Å². The van der Waals surface area contributed by atoms with Crippen LogP contribution >= 0.6 is 0 Å². The van der Waals surface area contributed by atoms with Crippen LogP contribution in [-0.2, 0) is 0 Å². The highest BCUT2D eigenvalue weighted by molar-refractivity contribution is 5.54. The fraction of sp³-hybridized carbons (Fsp3) is 0.333. The zero-order chi connectivity index (χ0) is 10.1. The van der Waals surface area contributed by atoms with Gasteiger partial charge in [-0.05, 0) is 26.0 Å². The highest BCUT2D eigenvalue weighted by Gasteiger charge is 2.23. The summed E-state index contributed by atoms with van der Waals surface area (Å²) in [6.45, 7) is 9.28. The Balaban J connectivity index is 2.30. The lowest BCUT2D eigenvalue weighted by Crippen LogP contribution is -2.26. The van der Waals surface area contributed by atoms with Crippen molar-refractivity contribution in [3.05, 3.63) is 42.2 Å². The summed E-state index contributed by atoms with van der Waals surface area (Å²) in [5.74, 6) is 1.00. The first kappa shape index (κ1) is 9.13. The number of benzene rings is 1. The second kappa shape index (κ2) is 3.37. The molecule has 0 spiro atoms. The van der Waals surface area contributed by atoms with Gasteiger partial charge in [0.25, 0.3) is 0 Å². The standard InChI is InChI=1S/C12H16N2/c1-9-4-6-12(7-5-9)14-10(2)8-13-11(14)3/h4-7,10,13H,3,8H2,1-2H3. The molecule has 1 atom stereocenters. The number of rotatable bonds is 1. The number of hydrogen-bond acceptors (Lipinski definition) is 2. The Morgan fingerprint density at radius 1 is 1.36 bits per heavy atom. The molecule has 1 fully saturated rings. The van der Waals surface area contributed by atoms with Crippen LogP contribution in [-0.4, -0.2) is 12.6 Å². The first-order chi connectivity index (χ1) is 6.68. The zero-order valence-electron chi connectivity index (χ0n) is 8.75. The average Bonchev–Trinajstić information content (AvgIpc) is 2.49. The summed E-state index contributed by atoms with van der Waals surface area (Å²) in [7, 11) is 0. The maximum absolute atomic E-state index is 4.00. The second-order valence-corrected chi connectivity index (χ2v) is 3.88. The minimum atomic E-state index is 0.491. The molecule has 1 aliphatic heterocycles. The molecule has 0 aliphatic carbocycles. The summed E-state index contributed by atoms with van der Waals surface area (Å²) in [6, 6.07) is 9.04. The van der Waals surface area contributed by atoms with Gasteiger partial charge in [0.05, 0.1) is 11.9 Å². The van der Waals surface area contributed by atoms with Gasteiger partial charge in [-0.2, -0.15) is 0 Å². The number of hydrogen-bond donors (Lipinski definition) is 1. The van der Waals surface area contributed by atoms with Crippen molar-refractivity contribution in [2.24, 2.45) is 0 Å². The van der Waals surface area contributed by atoms with Gasteiger partial charge >= 0.3 is 0 Å². The van der Waals surface area contributed by atoms with Gasteiger partial charge in [-0.3, -0.25) is 0 Å². The number of nitrogens with zero attached hydrogens (tertiary/aromatic N) is 1.